The Bertz CT molecular complexity index is 904. The van der Waals surface area contributed by atoms with E-state index in [1.807, 2.05) is 54.6 Å². The molecule has 2 aromatic rings. The summed E-state index contributed by atoms with van der Waals surface area (Å²) in [6, 6.07) is 16.7. The lowest BCUT2D eigenvalue weighted by atomic mass is 9.82. The van der Waals surface area contributed by atoms with E-state index < -0.39 is 0 Å². The number of hydrogen-bond acceptors (Lipinski definition) is 6. The van der Waals surface area contributed by atoms with Gasteiger partial charge >= 0.3 is 6.09 Å². The van der Waals surface area contributed by atoms with Crippen molar-refractivity contribution < 1.29 is 28.5 Å². The fourth-order valence-electron chi connectivity index (χ4n) is 4.47. The van der Waals surface area contributed by atoms with Gasteiger partial charge in [0.05, 0.1) is 39.0 Å². The second kappa shape index (κ2) is 10.5. The lowest BCUT2D eigenvalue weighted by molar-refractivity contribution is -0.131. The second-order valence-corrected chi connectivity index (χ2v) is 8.18. The van der Waals surface area contributed by atoms with E-state index in [0.29, 0.717) is 50.6 Å². The zero-order chi connectivity index (χ0) is 22.3. The van der Waals surface area contributed by atoms with E-state index in [1.54, 1.807) is 12.0 Å². The van der Waals surface area contributed by atoms with Crippen molar-refractivity contribution >= 4 is 11.9 Å². The van der Waals surface area contributed by atoms with Crippen molar-refractivity contribution in [3.05, 3.63) is 60.2 Å². The Kier molecular flexibility index (Phi) is 7.27. The van der Waals surface area contributed by atoms with Gasteiger partial charge in [-0.25, -0.2) is 4.79 Å². The van der Waals surface area contributed by atoms with Crippen LogP contribution in [0.1, 0.15) is 24.8 Å². The molecule has 0 spiro atoms. The summed E-state index contributed by atoms with van der Waals surface area (Å²) < 4.78 is 22.3. The number of para-hydroxylation sites is 2. The molecule has 170 valence electrons. The van der Waals surface area contributed by atoms with Crippen molar-refractivity contribution in [2.75, 3.05) is 26.9 Å². The Morgan fingerprint density at radius 2 is 1.62 bits per heavy atom. The van der Waals surface area contributed by atoms with Crippen LogP contribution >= 0.6 is 0 Å². The molecular weight excluding hydrogens is 410 g/mol. The zero-order valence-electron chi connectivity index (χ0n) is 18.3. The first-order valence-corrected chi connectivity index (χ1v) is 11.0. The summed E-state index contributed by atoms with van der Waals surface area (Å²) >= 11 is 0. The van der Waals surface area contributed by atoms with E-state index in [2.05, 4.69) is 0 Å². The maximum absolute atomic E-state index is 12.9. The lowest BCUT2D eigenvalue weighted by Crippen LogP contribution is -2.60. The van der Waals surface area contributed by atoms with Crippen LogP contribution < -0.4 is 9.47 Å². The molecule has 2 unspecified atom stereocenters. The molecule has 1 amide bonds. The molecule has 4 rings (SSSR count). The molecule has 2 aliphatic rings. The monoisotopic (exact) mass is 439 g/mol. The maximum Gasteiger partial charge on any atom is 0.410 e. The first-order chi connectivity index (χ1) is 15.7. The first-order valence-electron chi connectivity index (χ1n) is 11.0. The molecule has 32 heavy (non-hydrogen) atoms. The Balaban J connectivity index is 1.29. The van der Waals surface area contributed by atoms with Crippen molar-refractivity contribution in [2.24, 2.45) is 5.92 Å². The Hall–Kier alpha value is -3.06. The number of morpholine rings is 1. The number of nitrogens with zero attached hydrogens (tertiary/aromatic N) is 1. The molecule has 2 atom stereocenters. The third-order valence-electron chi connectivity index (χ3n) is 6.07. The van der Waals surface area contributed by atoms with Gasteiger partial charge in [-0.3, -0.25) is 9.69 Å². The molecule has 0 N–H and O–H groups in total. The molecular formula is C25H29NO6. The molecule has 0 saturated carbocycles. The molecule has 0 radical (unpaired) electrons. The van der Waals surface area contributed by atoms with Crippen molar-refractivity contribution in [1.82, 2.24) is 4.90 Å². The highest BCUT2D eigenvalue weighted by Crippen LogP contribution is 2.33. The average molecular weight is 440 g/mol. The zero-order valence-corrected chi connectivity index (χ0v) is 18.3. The van der Waals surface area contributed by atoms with Crippen molar-refractivity contribution in [2.45, 2.75) is 38.0 Å². The first kappa shape index (κ1) is 22.1. The van der Waals surface area contributed by atoms with Crippen molar-refractivity contribution in [3.63, 3.8) is 0 Å². The standard InChI is InChI=1S/C25H29NO6/c1-29-23-9-5-6-10-24(23)31-12-11-22(27)19-13-20-16-30-17-21(14-19)26(20)25(28)32-15-18-7-3-2-4-8-18/h2-10,19-21H,11-17H2,1H3. The SMILES string of the molecule is COc1ccccc1OCCC(=O)C1CC2COCC(C1)N2C(=O)OCc1ccccc1. The van der Waals surface area contributed by atoms with Crippen LogP contribution in [0.15, 0.2) is 54.6 Å². The molecule has 2 fully saturated rings. The molecule has 2 bridgehead atoms. The number of ketones is 1. The fraction of sp³-hybridized carbons (Fsp3) is 0.440. The van der Waals surface area contributed by atoms with Gasteiger partial charge < -0.3 is 18.9 Å². The summed E-state index contributed by atoms with van der Waals surface area (Å²) in [6.07, 6.45) is 1.16. The normalized spacial score (nSPS) is 22.2. The highest BCUT2D eigenvalue weighted by molar-refractivity contribution is 5.82. The van der Waals surface area contributed by atoms with Gasteiger partial charge in [0.25, 0.3) is 0 Å². The van der Waals surface area contributed by atoms with Gasteiger partial charge in [0, 0.05) is 12.3 Å². The largest absolute Gasteiger partial charge is 0.493 e. The van der Waals surface area contributed by atoms with E-state index in [9.17, 15) is 9.59 Å². The van der Waals surface area contributed by atoms with Crippen LogP contribution in [0.4, 0.5) is 4.79 Å². The number of hydrogen-bond donors (Lipinski definition) is 0. The minimum atomic E-state index is -0.336. The summed E-state index contributed by atoms with van der Waals surface area (Å²) in [6.45, 7) is 1.39. The van der Waals surface area contributed by atoms with E-state index in [4.69, 9.17) is 18.9 Å². The number of fused-ring (bicyclic) bond motifs is 2. The topological polar surface area (TPSA) is 74.3 Å². The number of carbonyl (C=O) groups is 2. The summed E-state index contributed by atoms with van der Waals surface area (Å²) in [7, 11) is 1.59. The Morgan fingerprint density at radius 3 is 2.31 bits per heavy atom. The van der Waals surface area contributed by atoms with Gasteiger partial charge in [-0.2, -0.15) is 0 Å². The number of rotatable bonds is 8. The van der Waals surface area contributed by atoms with Crippen LogP contribution in [0.2, 0.25) is 0 Å². The Labute approximate surface area is 188 Å². The predicted molar refractivity (Wildman–Crippen MR) is 118 cm³/mol. The third kappa shape index (κ3) is 5.22. The van der Waals surface area contributed by atoms with E-state index in [0.717, 1.165) is 5.56 Å². The van der Waals surface area contributed by atoms with Crippen LogP contribution in [-0.4, -0.2) is 55.8 Å². The van der Waals surface area contributed by atoms with E-state index in [-0.39, 0.29) is 36.5 Å². The van der Waals surface area contributed by atoms with Crippen LogP contribution in [0.5, 0.6) is 11.5 Å². The van der Waals surface area contributed by atoms with Gasteiger partial charge in [0.2, 0.25) is 0 Å². The van der Waals surface area contributed by atoms with Crippen LogP contribution in [-0.2, 0) is 20.9 Å². The maximum atomic E-state index is 12.9. The summed E-state index contributed by atoms with van der Waals surface area (Å²) in [4.78, 5) is 27.4. The van der Waals surface area contributed by atoms with Crippen LogP contribution in [0, 0.1) is 5.92 Å². The smallest absolute Gasteiger partial charge is 0.410 e. The van der Waals surface area contributed by atoms with E-state index in [1.165, 1.54) is 0 Å². The Morgan fingerprint density at radius 1 is 0.969 bits per heavy atom. The van der Waals surface area contributed by atoms with Gasteiger partial charge in [0.1, 0.15) is 12.4 Å². The minimum Gasteiger partial charge on any atom is -0.493 e. The third-order valence-corrected chi connectivity index (χ3v) is 6.07. The summed E-state index contributed by atoms with van der Waals surface area (Å²) in [5.74, 6) is 1.33. The molecule has 2 heterocycles. The molecule has 2 saturated heterocycles. The minimum absolute atomic E-state index is 0.103. The van der Waals surface area contributed by atoms with Crippen LogP contribution in [0.25, 0.3) is 0 Å². The molecule has 0 aromatic heterocycles. The number of piperidine rings is 1. The number of benzene rings is 2. The molecule has 2 aromatic carbocycles. The van der Waals surface area contributed by atoms with Crippen LogP contribution in [0.3, 0.4) is 0 Å². The van der Waals surface area contributed by atoms with Gasteiger partial charge in [-0.1, -0.05) is 42.5 Å². The van der Waals surface area contributed by atoms with Gasteiger partial charge in [-0.15, -0.1) is 0 Å². The van der Waals surface area contributed by atoms with Crippen molar-refractivity contribution in [3.8, 4) is 11.5 Å². The number of Topliss-reactive ketones (excluding diaryl/α,β-unsaturated/α-hetero) is 1. The number of amides is 1. The second-order valence-electron chi connectivity index (χ2n) is 8.18. The molecule has 0 aliphatic carbocycles. The predicted octanol–water partition coefficient (Wildman–Crippen LogP) is 3.85. The fourth-order valence-corrected chi connectivity index (χ4v) is 4.47. The number of carbonyl (C=O) groups excluding carboxylic acids is 2. The van der Waals surface area contributed by atoms with Gasteiger partial charge in [0.15, 0.2) is 11.5 Å². The molecule has 7 nitrogen and oxygen atoms in total. The summed E-state index contributed by atoms with van der Waals surface area (Å²) in [5, 5.41) is 0. The average Bonchev–Trinajstić information content (AvgIpc) is 2.82. The molecule has 7 heteroatoms. The quantitative estimate of drug-likeness (QED) is 0.622. The summed E-state index contributed by atoms with van der Waals surface area (Å²) in [5.41, 5.74) is 0.947. The van der Waals surface area contributed by atoms with E-state index >= 15 is 0 Å². The van der Waals surface area contributed by atoms with Gasteiger partial charge in [-0.05, 0) is 30.5 Å². The molecule has 2 aliphatic heterocycles. The number of methoxy groups -OCH3 is 1. The number of ether oxygens (including phenoxy) is 4. The van der Waals surface area contributed by atoms with Crippen molar-refractivity contribution in [1.29, 1.82) is 0 Å². The lowest BCUT2D eigenvalue weighted by Gasteiger charge is -2.47. The highest BCUT2D eigenvalue weighted by atomic mass is 16.6. The highest BCUT2D eigenvalue weighted by Gasteiger charge is 2.44.